The van der Waals surface area contributed by atoms with Crippen molar-refractivity contribution in [1.82, 2.24) is 14.4 Å². The molecule has 0 saturated heterocycles. The third kappa shape index (κ3) is 1.25. The van der Waals surface area contributed by atoms with E-state index in [2.05, 4.69) is 9.97 Å². The zero-order valence-corrected chi connectivity index (χ0v) is 9.46. The van der Waals surface area contributed by atoms with E-state index in [1.165, 1.54) is 22.7 Å². The molecule has 0 bridgehead atoms. The van der Waals surface area contributed by atoms with E-state index in [4.69, 9.17) is 5.11 Å². The fourth-order valence-electron chi connectivity index (χ4n) is 1.47. The largest absolute Gasteiger partial charge is 0.476 e. The van der Waals surface area contributed by atoms with Crippen molar-refractivity contribution in [1.29, 1.82) is 0 Å². The Hall–Kier alpha value is -1.73. The fourth-order valence-corrected chi connectivity index (χ4v) is 3.18. The van der Waals surface area contributed by atoms with Crippen LogP contribution in [0.2, 0.25) is 0 Å². The summed E-state index contributed by atoms with van der Waals surface area (Å²) < 4.78 is 1.87. The number of fused-ring (bicyclic) bond motifs is 1. The van der Waals surface area contributed by atoms with Crippen LogP contribution in [0.15, 0.2) is 23.3 Å². The topological polar surface area (TPSA) is 67.5 Å². The van der Waals surface area contributed by atoms with E-state index < -0.39 is 5.97 Å². The first-order valence-electron chi connectivity index (χ1n) is 4.35. The van der Waals surface area contributed by atoms with Gasteiger partial charge in [-0.25, -0.2) is 14.8 Å². The molecule has 0 unspecified atom stereocenters. The van der Waals surface area contributed by atoms with E-state index >= 15 is 0 Å². The molecule has 3 rings (SSSR count). The van der Waals surface area contributed by atoms with Gasteiger partial charge in [-0.2, -0.15) is 0 Å². The molecule has 0 amide bonds. The lowest BCUT2D eigenvalue weighted by Gasteiger charge is -1.96. The lowest BCUT2D eigenvalue weighted by molar-refractivity contribution is 0.0692. The smallest absolute Gasteiger partial charge is 0.356 e. The van der Waals surface area contributed by atoms with Gasteiger partial charge >= 0.3 is 5.97 Å². The van der Waals surface area contributed by atoms with Gasteiger partial charge in [-0.3, -0.25) is 4.40 Å². The molecular formula is C9H5N3O2S2. The molecule has 0 fully saturated rings. The van der Waals surface area contributed by atoms with E-state index in [1.807, 2.05) is 16.0 Å². The first-order valence-corrected chi connectivity index (χ1v) is 6.11. The number of carboxylic acid groups (broad SMARTS) is 1. The standard InChI is InChI=1S/C9H5N3O2S2/c13-8(14)6-7(16-4-11-6)5-3-15-9-10-1-2-12(5)9/h1-4H,(H,13,14). The maximum absolute atomic E-state index is 11.0. The number of thiazole rings is 2. The molecule has 0 aromatic carbocycles. The summed E-state index contributed by atoms with van der Waals surface area (Å²) in [5, 5.41) is 10.9. The molecular weight excluding hydrogens is 246 g/mol. The van der Waals surface area contributed by atoms with Gasteiger partial charge in [0.1, 0.15) is 0 Å². The van der Waals surface area contributed by atoms with Crippen LogP contribution >= 0.6 is 22.7 Å². The van der Waals surface area contributed by atoms with Gasteiger partial charge in [0.25, 0.3) is 0 Å². The number of rotatable bonds is 2. The van der Waals surface area contributed by atoms with Crippen LogP contribution in [-0.4, -0.2) is 25.4 Å². The maximum atomic E-state index is 11.0. The number of nitrogens with zero attached hydrogens (tertiary/aromatic N) is 3. The summed E-state index contributed by atoms with van der Waals surface area (Å²) >= 11 is 2.80. The molecule has 3 heterocycles. The molecule has 1 N–H and O–H groups in total. The highest BCUT2D eigenvalue weighted by atomic mass is 32.1. The third-order valence-corrected chi connectivity index (χ3v) is 3.85. The third-order valence-electron chi connectivity index (χ3n) is 2.14. The van der Waals surface area contributed by atoms with Gasteiger partial charge in [-0.15, -0.1) is 22.7 Å². The lowest BCUT2D eigenvalue weighted by atomic mass is 10.3. The van der Waals surface area contributed by atoms with E-state index in [0.717, 1.165) is 10.7 Å². The number of carbonyl (C=O) groups is 1. The van der Waals surface area contributed by atoms with Gasteiger partial charge in [0.2, 0.25) is 0 Å². The Morgan fingerprint density at radius 2 is 2.25 bits per heavy atom. The lowest BCUT2D eigenvalue weighted by Crippen LogP contribution is -1.99. The summed E-state index contributed by atoms with van der Waals surface area (Å²) in [5.41, 5.74) is 2.47. The van der Waals surface area contributed by atoms with Gasteiger partial charge in [-0.05, 0) is 0 Å². The molecule has 16 heavy (non-hydrogen) atoms. The number of imidazole rings is 1. The molecule has 7 heteroatoms. The van der Waals surface area contributed by atoms with Crippen molar-refractivity contribution in [3.05, 3.63) is 29.0 Å². The van der Waals surface area contributed by atoms with Crippen molar-refractivity contribution in [2.75, 3.05) is 0 Å². The highest BCUT2D eigenvalue weighted by molar-refractivity contribution is 7.17. The Morgan fingerprint density at radius 3 is 3.06 bits per heavy atom. The second-order valence-corrected chi connectivity index (χ2v) is 4.73. The summed E-state index contributed by atoms with van der Waals surface area (Å²) in [7, 11) is 0. The molecule has 0 radical (unpaired) electrons. The number of hydrogen-bond acceptors (Lipinski definition) is 5. The molecule has 3 aromatic heterocycles. The first kappa shape index (κ1) is 9.49. The SMILES string of the molecule is O=C(O)c1ncsc1-c1csc2nccn12. The second kappa shape index (κ2) is 3.39. The van der Waals surface area contributed by atoms with Crippen LogP contribution in [0.3, 0.4) is 0 Å². The minimum Gasteiger partial charge on any atom is -0.476 e. The molecule has 0 atom stereocenters. The number of aromatic nitrogens is 3. The predicted octanol–water partition coefficient (Wildman–Crippen LogP) is 2.22. The summed E-state index contributed by atoms with van der Waals surface area (Å²) in [6, 6.07) is 0. The van der Waals surface area contributed by atoms with Crippen molar-refractivity contribution < 1.29 is 9.90 Å². The maximum Gasteiger partial charge on any atom is 0.356 e. The summed E-state index contributed by atoms with van der Waals surface area (Å²) in [6.45, 7) is 0. The Morgan fingerprint density at radius 1 is 1.38 bits per heavy atom. The monoisotopic (exact) mass is 251 g/mol. The minimum absolute atomic E-state index is 0.0957. The number of carboxylic acids is 1. The molecule has 0 aliphatic carbocycles. The Bertz CT molecular complexity index is 667. The fraction of sp³-hybridized carbons (Fsp3) is 0. The normalized spacial score (nSPS) is 11.0. The van der Waals surface area contributed by atoms with Crippen LogP contribution in [0.5, 0.6) is 0 Å². The number of aromatic carboxylic acids is 1. The van der Waals surface area contributed by atoms with E-state index in [1.54, 1.807) is 11.7 Å². The number of hydrogen-bond donors (Lipinski definition) is 1. The van der Waals surface area contributed by atoms with Crippen LogP contribution in [0.4, 0.5) is 0 Å². The average Bonchev–Trinajstić information content (AvgIpc) is 2.92. The average molecular weight is 251 g/mol. The quantitative estimate of drug-likeness (QED) is 0.758. The van der Waals surface area contributed by atoms with Gasteiger partial charge in [0.15, 0.2) is 10.7 Å². The predicted molar refractivity (Wildman–Crippen MR) is 61.1 cm³/mol. The molecule has 5 nitrogen and oxygen atoms in total. The zero-order chi connectivity index (χ0) is 11.1. The van der Waals surface area contributed by atoms with Crippen LogP contribution in [0, 0.1) is 0 Å². The van der Waals surface area contributed by atoms with E-state index in [0.29, 0.717) is 4.88 Å². The molecule has 0 spiro atoms. The molecule has 0 aliphatic rings. The van der Waals surface area contributed by atoms with Gasteiger partial charge in [0, 0.05) is 17.8 Å². The van der Waals surface area contributed by atoms with Crippen molar-refractivity contribution >= 4 is 33.6 Å². The highest BCUT2D eigenvalue weighted by Gasteiger charge is 2.18. The Labute approximate surface area is 97.6 Å². The molecule has 3 aromatic rings. The van der Waals surface area contributed by atoms with E-state index in [9.17, 15) is 4.79 Å². The summed E-state index contributed by atoms with van der Waals surface area (Å²) in [6.07, 6.45) is 3.50. The first-order chi connectivity index (χ1) is 7.77. The van der Waals surface area contributed by atoms with Gasteiger partial charge < -0.3 is 5.11 Å². The molecule has 0 saturated carbocycles. The van der Waals surface area contributed by atoms with Crippen molar-refractivity contribution in [3.8, 4) is 10.6 Å². The minimum atomic E-state index is -1.00. The van der Waals surface area contributed by atoms with Crippen molar-refractivity contribution in [2.24, 2.45) is 0 Å². The van der Waals surface area contributed by atoms with Gasteiger partial charge in [0.05, 0.1) is 16.1 Å². The van der Waals surface area contributed by atoms with E-state index in [-0.39, 0.29) is 5.69 Å². The Kier molecular flexibility index (Phi) is 2.01. The zero-order valence-electron chi connectivity index (χ0n) is 7.82. The Balaban J connectivity index is 2.27. The summed E-state index contributed by atoms with van der Waals surface area (Å²) in [5.74, 6) is -1.00. The highest BCUT2D eigenvalue weighted by Crippen LogP contribution is 2.31. The van der Waals surface area contributed by atoms with Crippen LogP contribution in [0.25, 0.3) is 15.5 Å². The van der Waals surface area contributed by atoms with Crippen LogP contribution in [0.1, 0.15) is 10.5 Å². The van der Waals surface area contributed by atoms with Gasteiger partial charge in [-0.1, -0.05) is 0 Å². The molecule has 80 valence electrons. The van der Waals surface area contributed by atoms with Crippen molar-refractivity contribution in [2.45, 2.75) is 0 Å². The molecule has 0 aliphatic heterocycles. The van der Waals surface area contributed by atoms with Crippen molar-refractivity contribution in [3.63, 3.8) is 0 Å². The second-order valence-electron chi connectivity index (χ2n) is 3.04. The summed E-state index contributed by atoms with van der Waals surface area (Å²) in [4.78, 5) is 20.5. The van der Waals surface area contributed by atoms with Crippen LogP contribution in [-0.2, 0) is 0 Å². The van der Waals surface area contributed by atoms with Crippen LogP contribution < -0.4 is 0 Å².